The lowest BCUT2D eigenvalue weighted by molar-refractivity contribution is -0.126. The summed E-state index contributed by atoms with van der Waals surface area (Å²) in [5.74, 6) is 0.924. The quantitative estimate of drug-likeness (QED) is 0.589. The molecule has 0 N–H and O–H groups in total. The van der Waals surface area contributed by atoms with E-state index in [9.17, 15) is 9.59 Å². The molecule has 1 rings (SSSR count). The summed E-state index contributed by atoms with van der Waals surface area (Å²) in [4.78, 5) is 21.8. The second kappa shape index (κ2) is 3.83. The molecule has 3 atom stereocenters. The van der Waals surface area contributed by atoms with Crippen molar-refractivity contribution < 1.29 is 9.59 Å². The second-order valence-corrected chi connectivity index (χ2v) is 3.90. The van der Waals surface area contributed by atoms with Crippen LogP contribution in [0.15, 0.2) is 0 Å². The van der Waals surface area contributed by atoms with E-state index in [1.54, 1.807) is 0 Å². The topological polar surface area (TPSA) is 34.1 Å². The van der Waals surface area contributed by atoms with E-state index < -0.39 is 0 Å². The normalized spacial score (nSPS) is 33.0. The average Bonchev–Trinajstić information content (AvgIpc) is 2.08. The number of hydrogen-bond donors (Lipinski definition) is 0. The Morgan fingerprint density at radius 3 is 2.67 bits per heavy atom. The number of carbonyl (C=O) groups is 2. The van der Waals surface area contributed by atoms with Crippen LogP contribution in [-0.4, -0.2) is 12.1 Å². The van der Waals surface area contributed by atoms with Gasteiger partial charge in [-0.1, -0.05) is 13.8 Å². The van der Waals surface area contributed by atoms with Gasteiger partial charge in [0, 0.05) is 18.3 Å². The summed E-state index contributed by atoms with van der Waals surface area (Å²) in [6.07, 6.45) is 3.57. The highest BCUT2D eigenvalue weighted by Gasteiger charge is 2.28. The minimum Gasteiger partial charge on any atom is -0.303 e. The Hall–Kier alpha value is -0.660. The van der Waals surface area contributed by atoms with E-state index in [1.807, 2.05) is 13.8 Å². The maximum absolute atomic E-state index is 11.3. The molecule has 1 fully saturated rings. The molecule has 1 aliphatic rings. The van der Waals surface area contributed by atoms with E-state index in [0.717, 1.165) is 19.1 Å². The molecule has 0 aromatic heterocycles. The molecule has 0 bridgehead atoms. The summed E-state index contributed by atoms with van der Waals surface area (Å²) in [5, 5.41) is 0. The number of aldehydes is 1. The van der Waals surface area contributed by atoms with Crippen LogP contribution in [0.1, 0.15) is 33.1 Å². The summed E-state index contributed by atoms with van der Waals surface area (Å²) in [6.45, 7) is 3.88. The molecule has 1 unspecified atom stereocenters. The van der Waals surface area contributed by atoms with Gasteiger partial charge in [0.1, 0.15) is 12.1 Å². The Morgan fingerprint density at radius 1 is 1.50 bits per heavy atom. The van der Waals surface area contributed by atoms with E-state index in [1.165, 1.54) is 0 Å². The first-order valence-corrected chi connectivity index (χ1v) is 4.63. The number of ketones is 1. The van der Waals surface area contributed by atoms with Crippen LogP contribution in [-0.2, 0) is 9.59 Å². The van der Waals surface area contributed by atoms with E-state index in [2.05, 4.69) is 0 Å². The zero-order chi connectivity index (χ0) is 9.14. The Kier molecular flexibility index (Phi) is 3.01. The van der Waals surface area contributed by atoms with Crippen molar-refractivity contribution in [1.82, 2.24) is 0 Å². The molecular formula is C10H16O2. The molecular weight excluding hydrogens is 152 g/mol. The number of rotatable bonds is 2. The van der Waals surface area contributed by atoms with Crippen molar-refractivity contribution >= 4 is 12.1 Å². The van der Waals surface area contributed by atoms with Gasteiger partial charge in [0.05, 0.1) is 0 Å². The third-order valence-electron chi connectivity index (χ3n) is 2.94. The van der Waals surface area contributed by atoms with E-state index in [0.29, 0.717) is 18.1 Å². The van der Waals surface area contributed by atoms with Gasteiger partial charge in [-0.2, -0.15) is 0 Å². The van der Waals surface area contributed by atoms with E-state index in [4.69, 9.17) is 0 Å². The molecule has 0 amide bonds. The summed E-state index contributed by atoms with van der Waals surface area (Å²) in [5.41, 5.74) is 0. The van der Waals surface area contributed by atoms with Gasteiger partial charge in [-0.3, -0.25) is 4.79 Å². The van der Waals surface area contributed by atoms with Crippen molar-refractivity contribution in [3.05, 3.63) is 0 Å². The molecule has 12 heavy (non-hydrogen) atoms. The SMILES string of the molecule is CC(C=O)[C@H]1CC[C@H](C)C(=O)C1. The Morgan fingerprint density at radius 2 is 2.17 bits per heavy atom. The lowest BCUT2D eigenvalue weighted by Gasteiger charge is -2.26. The first kappa shape index (κ1) is 9.43. The van der Waals surface area contributed by atoms with Gasteiger partial charge in [0.15, 0.2) is 0 Å². The fourth-order valence-electron chi connectivity index (χ4n) is 1.75. The molecule has 68 valence electrons. The third kappa shape index (κ3) is 1.93. The van der Waals surface area contributed by atoms with Gasteiger partial charge in [-0.05, 0) is 18.8 Å². The predicted molar refractivity (Wildman–Crippen MR) is 46.7 cm³/mol. The highest BCUT2D eigenvalue weighted by Crippen LogP contribution is 2.29. The molecule has 0 radical (unpaired) electrons. The summed E-state index contributed by atoms with van der Waals surface area (Å²) < 4.78 is 0. The molecule has 0 aromatic rings. The van der Waals surface area contributed by atoms with Crippen molar-refractivity contribution in [2.24, 2.45) is 17.8 Å². The highest BCUT2D eigenvalue weighted by atomic mass is 16.1. The van der Waals surface area contributed by atoms with Crippen LogP contribution in [0.2, 0.25) is 0 Å². The predicted octanol–water partition coefficient (Wildman–Crippen LogP) is 1.83. The van der Waals surface area contributed by atoms with E-state index >= 15 is 0 Å². The van der Waals surface area contributed by atoms with Gasteiger partial charge in [-0.15, -0.1) is 0 Å². The summed E-state index contributed by atoms with van der Waals surface area (Å²) in [7, 11) is 0. The van der Waals surface area contributed by atoms with Crippen molar-refractivity contribution in [1.29, 1.82) is 0 Å². The summed E-state index contributed by atoms with van der Waals surface area (Å²) in [6, 6.07) is 0. The minimum atomic E-state index is 0.0569. The van der Waals surface area contributed by atoms with Crippen LogP contribution in [0.5, 0.6) is 0 Å². The van der Waals surface area contributed by atoms with Crippen LogP contribution >= 0.6 is 0 Å². The van der Waals surface area contributed by atoms with Crippen LogP contribution < -0.4 is 0 Å². The average molecular weight is 168 g/mol. The van der Waals surface area contributed by atoms with Crippen LogP contribution in [0.4, 0.5) is 0 Å². The summed E-state index contributed by atoms with van der Waals surface area (Å²) >= 11 is 0. The van der Waals surface area contributed by atoms with Crippen molar-refractivity contribution in [2.45, 2.75) is 33.1 Å². The fourth-order valence-corrected chi connectivity index (χ4v) is 1.75. The molecule has 1 aliphatic carbocycles. The molecule has 0 aliphatic heterocycles. The molecule has 2 heteroatoms. The zero-order valence-electron chi connectivity index (χ0n) is 7.75. The smallest absolute Gasteiger partial charge is 0.135 e. The standard InChI is InChI=1S/C10H16O2/c1-7-3-4-9(5-10(7)12)8(2)6-11/h6-9H,3-5H2,1-2H3/t7-,8?,9-/m0/s1. The molecule has 1 saturated carbocycles. The van der Waals surface area contributed by atoms with Crippen LogP contribution in [0.3, 0.4) is 0 Å². The number of carbonyl (C=O) groups excluding carboxylic acids is 2. The van der Waals surface area contributed by atoms with Crippen LogP contribution in [0, 0.1) is 17.8 Å². The monoisotopic (exact) mass is 168 g/mol. The first-order chi connectivity index (χ1) is 5.65. The molecule has 0 heterocycles. The molecule has 2 nitrogen and oxygen atoms in total. The van der Waals surface area contributed by atoms with Crippen molar-refractivity contribution in [2.75, 3.05) is 0 Å². The van der Waals surface area contributed by atoms with Gasteiger partial charge in [0.25, 0.3) is 0 Å². The zero-order valence-corrected chi connectivity index (χ0v) is 7.75. The number of Topliss-reactive ketones (excluding diaryl/α,β-unsaturated/α-hetero) is 1. The lowest BCUT2D eigenvalue weighted by atomic mass is 9.77. The number of hydrogen-bond acceptors (Lipinski definition) is 2. The van der Waals surface area contributed by atoms with Gasteiger partial charge in [0.2, 0.25) is 0 Å². The first-order valence-electron chi connectivity index (χ1n) is 4.63. The highest BCUT2D eigenvalue weighted by molar-refractivity contribution is 5.82. The van der Waals surface area contributed by atoms with Crippen LogP contribution in [0.25, 0.3) is 0 Å². The van der Waals surface area contributed by atoms with Crippen molar-refractivity contribution in [3.8, 4) is 0 Å². The van der Waals surface area contributed by atoms with Crippen molar-refractivity contribution in [3.63, 3.8) is 0 Å². The maximum Gasteiger partial charge on any atom is 0.135 e. The van der Waals surface area contributed by atoms with Gasteiger partial charge < -0.3 is 4.79 Å². The largest absolute Gasteiger partial charge is 0.303 e. The third-order valence-corrected chi connectivity index (χ3v) is 2.94. The minimum absolute atomic E-state index is 0.0569. The molecule has 0 aromatic carbocycles. The molecule has 0 spiro atoms. The maximum atomic E-state index is 11.3. The van der Waals surface area contributed by atoms with Gasteiger partial charge in [-0.25, -0.2) is 0 Å². The lowest BCUT2D eigenvalue weighted by Crippen LogP contribution is -2.27. The molecule has 0 saturated heterocycles. The Balaban J connectivity index is 2.50. The second-order valence-electron chi connectivity index (χ2n) is 3.90. The van der Waals surface area contributed by atoms with E-state index in [-0.39, 0.29) is 11.8 Å². The Labute approximate surface area is 73.3 Å². The fraction of sp³-hybridized carbons (Fsp3) is 0.800. The Bertz CT molecular complexity index is 186. The van der Waals surface area contributed by atoms with Gasteiger partial charge >= 0.3 is 0 Å².